The fourth-order valence-corrected chi connectivity index (χ4v) is 4.63. The van der Waals surface area contributed by atoms with Crippen molar-refractivity contribution >= 4 is 34.0 Å². The summed E-state index contributed by atoms with van der Waals surface area (Å²) in [6.07, 6.45) is 0.807. The van der Waals surface area contributed by atoms with Crippen LogP contribution in [-0.2, 0) is 6.42 Å². The Bertz CT molecular complexity index is 1290. The van der Waals surface area contributed by atoms with Crippen molar-refractivity contribution in [2.75, 3.05) is 26.1 Å². The molecule has 0 saturated heterocycles. The molecule has 7 nitrogen and oxygen atoms in total. The molecule has 0 bridgehead atoms. The van der Waals surface area contributed by atoms with E-state index in [1.165, 1.54) is 4.88 Å². The van der Waals surface area contributed by atoms with Gasteiger partial charge in [-0.2, -0.15) is 0 Å². The van der Waals surface area contributed by atoms with E-state index in [1.807, 2.05) is 43.3 Å². The Morgan fingerprint density at radius 3 is 2.56 bits per heavy atom. The molecule has 2 heterocycles. The van der Waals surface area contributed by atoms with Crippen molar-refractivity contribution < 1.29 is 14.3 Å². The summed E-state index contributed by atoms with van der Waals surface area (Å²) in [5.74, 6) is 2.27. The maximum atomic E-state index is 11.7. The number of aromatic nitrogens is 2. The van der Waals surface area contributed by atoms with E-state index in [4.69, 9.17) is 15.2 Å². The molecule has 0 spiro atoms. The average Bonchev–Trinajstić information content (AvgIpc) is 3.26. The first kappa shape index (κ1) is 21.6. The number of carbonyl (C=O) groups excluding carboxylic acids is 1. The first-order valence-corrected chi connectivity index (χ1v) is 10.9. The highest BCUT2D eigenvalue weighted by Gasteiger charge is 2.13. The molecule has 164 valence electrons. The lowest BCUT2D eigenvalue weighted by Crippen LogP contribution is -2.11. The predicted octanol–water partition coefficient (Wildman–Crippen LogP) is 4.44. The first-order valence-electron chi connectivity index (χ1n) is 10.1. The third-order valence-electron chi connectivity index (χ3n) is 5.10. The summed E-state index contributed by atoms with van der Waals surface area (Å²) in [4.78, 5) is 23.1. The number of rotatable bonds is 8. The summed E-state index contributed by atoms with van der Waals surface area (Å²) in [6, 6.07) is 15.3. The van der Waals surface area contributed by atoms with Crippen LogP contribution in [0.1, 0.15) is 21.1 Å². The number of carbonyl (C=O) groups is 1. The minimum Gasteiger partial charge on any atom is -0.493 e. The number of anilines is 1. The Morgan fingerprint density at radius 1 is 1.06 bits per heavy atom. The van der Waals surface area contributed by atoms with Crippen molar-refractivity contribution in [2.24, 2.45) is 5.73 Å². The quantitative estimate of drug-likeness (QED) is 0.413. The van der Waals surface area contributed by atoms with Gasteiger partial charge in [0.2, 0.25) is 5.91 Å². The number of amides is 1. The fourth-order valence-electron chi connectivity index (χ4n) is 3.58. The normalized spacial score (nSPS) is 10.8. The average molecular weight is 449 g/mol. The molecule has 0 aliphatic rings. The van der Waals surface area contributed by atoms with Gasteiger partial charge in [-0.25, -0.2) is 9.97 Å². The van der Waals surface area contributed by atoms with Crippen LogP contribution in [0.5, 0.6) is 11.5 Å². The molecule has 0 atom stereocenters. The minimum absolute atomic E-state index is 0.421. The van der Waals surface area contributed by atoms with Crippen molar-refractivity contribution in [3.05, 3.63) is 64.8 Å². The van der Waals surface area contributed by atoms with Gasteiger partial charge in [0.05, 0.1) is 19.7 Å². The Kier molecular flexibility index (Phi) is 6.23. The third-order valence-corrected chi connectivity index (χ3v) is 6.27. The van der Waals surface area contributed by atoms with Crippen molar-refractivity contribution in [3.63, 3.8) is 0 Å². The van der Waals surface area contributed by atoms with Crippen molar-refractivity contribution in [3.8, 4) is 21.9 Å². The van der Waals surface area contributed by atoms with Crippen LogP contribution < -0.4 is 20.5 Å². The minimum atomic E-state index is -0.421. The van der Waals surface area contributed by atoms with E-state index in [2.05, 4.69) is 21.4 Å². The smallest absolute Gasteiger partial charge is 0.249 e. The second-order valence-corrected chi connectivity index (χ2v) is 8.36. The standard InChI is InChI=1S/C24H24N4O3S/c1-14-27-19-13-21(31-3)20(30-2)12-18(19)24(28-14)26-11-10-15-8-9-22(32-15)16-6-4-5-7-17(16)23(25)29/h4-9,12-13H,10-11H2,1-3H3,(H2,25,29)(H,26,27,28). The van der Waals surface area contributed by atoms with E-state index < -0.39 is 5.91 Å². The van der Waals surface area contributed by atoms with Gasteiger partial charge in [0, 0.05) is 38.9 Å². The van der Waals surface area contributed by atoms with E-state index in [9.17, 15) is 4.79 Å². The van der Waals surface area contributed by atoms with Gasteiger partial charge in [-0.1, -0.05) is 18.2 Å². The molecule has 8 heteroatoms. The lowest BCUT2D eigenvalue weighted by molar-refractivity contribution is 0.100. The van der Waals surface area contributed by atoms with Gasteiger partial charge in [-0.3, -0.25) is 4.79 Å². The number of benzene rings is 2. The van der Waals surface area contributed by atoms with Gasteiger partial charge >= 0.3 is 0 Å². The number of aryl methyl sites for hydroxylation is 1. The maximum Gasteiger partial charge on any atom is 0.249 e. The number of primary amides is 1. The van der Waals surface area contributed by atoms with Crippen LogP contribution >= 0.6 is 11.3 Å². The molecule has 2 aromatic heterocycles. The molecule has 0 unspecified atom stereocenters. The van der Waals surface area contributed by atoms with E-state index >= 15 is 0 Å². The van der Waals surface area contributed by atoms with Gasteiger partial charge < -0.3 is 20.5 Å². The number of ether oxygens (including phenoxy) is 2. The Hall–Kier alpha value is -3.65. The zero-order valence-electron chi connectivity index (χ0n) is 18.1. The molecule has 3 N–H and O–H groups in total. The molecule has 4 aromatic rings. The first-order chi connectivity index (χ1) is 15.5. The van der Waals surface area contributed by atoms with Crippen LogP contribution in [0.4, 0.5) is 5.82 Å². The fraction of sp³-hybridized carbons (Fsp3) is 0.208. The van der Waals surface area contributed by atoms with E-state index in [-0.39, 0.29) is 0 Å². The summed E-state index contributed by atoms with van der Waals surface area (Å²) in [7, 11) is 3.21. The molecule has 0 fully saturated rings. The number of hydrogen-bond donors (Lipinski definition) is 2. The van der Waals surface area contributed by atoms with E-state index in [0.717, 1.165) is 33.6 Å². The van der Waals surface area contributed by atoms with E-state index in [0.29, 0.717) is 29.4 Å². The molecular weight excluding hydrogens is 424 g/mol. The van der Waals surface area contributed by atoms with Gasteiger partial charge in [0.25, 0.3) is 0 Å². The molecule has 1 amide bonds. The number of fused-ring (bicyclic) bond motifs is 1. The Morgan fingerprint density at radius 2 is 1.81 bits per heavy atom. The molecule has 4 rings (SSSR count). The van der Waals surface area contributed by atoms with Crippen LogP contribution in [-0.4, -0.2) is 36.6 Å². The van der Waals surface area contributed by atoms with E-state index in [1.54, 1.807) is 31.6 Å². The number of nitrogens with one attached hydrogen (secondary N) is 1. The van der Waals surface area contributed by atoms with Crippen molar-refractivity contribution in [2.45, 2.75) is 13.3 Å². The molecule has 2 aromatic carbocycles. The highest BCUT2D eigenvalue weighted by atomic mass is 32.1. The summed E-state index contributed by atoms with van der Waals surface area (Å²) in [6.45, 7) is 2.56. The Balaban J connectivity index is 1.53. The predicted molar refractivity (Wildman–Crippen MR) is 128 cm³/mol. The van der Waals surface area contributed by atoms with Gasteiger partial charge in [0.1, 0.15) is 11.6 Å². The number of nitrogens with zero attached hydrogens (tertiary/aromatic N) is 2. The van der Waals surface area contributed by atoms with Crippen LogP contribution in [0.25, 0.3) is 21.3 Å². The zero-order valence-corrected chi connectivity index (χ0v) is 19.0. The van der Waals surface area contributed by atoms with Crippen LogP contribution in [0.2, 0.25) is 0 Å². The summed E-state index contributed by atoms with van der Waals surface area (Å²) in [5.41, 5.74) is 7.71. The van der Waals surface area contributed by atoms with Crippen LogP contribution in [0, 0.1) is 6.92 Å². The van der Waals surface area contributed by atoms with Gasteiger partial charge in [-0.15, -0.1) is 11.3 Å². The summed E-state index contributed by atoms with van der Waals surface area (Å²) >= 11 is 1.65. The second-order valence-electron chi connectivity index (χ2n) is 7.20. The highest BCUT2D eigenvalue weighted by Crippen LogP contribution is 2.34. The molecule has 0 aliphatic heterocycles. The number of methoxy groups -OCH3 is 2. The van der Waals surface area contributed by atoms with Crippen molar-refractivity contribution in [1.82, 2.24) is 9.97 Å². The Labute approximate surface area is 190 Å². The lowest BCUT2D eigenvalue weighted by Gasteiger charge is -2.13. The molecule has 32 heavy (non-hydrogen) atoms. The van der Waals surface area contributed by atoms with Gasteiger partial charge in [0.15, 0.2) is 11.5 Å². The SMILES string of the molecule is COc1cc2nc(C)nc(NCCc3ccc(-c4ccccc4C(N)=O)s3)c2cc1OC. The lowest BCUT2D eigenvalue weighted by atomic mass is 10.1. The van der Waals surface area contributed by atoms with Crippen LogP contribution in [0.3, 0.4) is 0 Å². The third kappa shape index (κ3) is 4.36. The number of hydrogen-bond acceptors (Lipinski definition) is 7. The largest absolute Gasteiger partial charge is 0.493 e. The monoisotopic (exact) mass is 448 g/mol. The maximum absolute atomic E-state index is 11.7. The van der Waals surface area contributed by atoms with Gasteiger partial charge in [-0.05, 0) is 37.6 Å². The molecular formula is C24H24N4O3S. The molecule has 0 aliphatic carbocycles. The molecule has 0 radical (unpaired) electrons. The topological polar surface area (TPSA) is 99.4 Å². The zero-order chi connectivity index (χ0) is 22.7. The number of nitrogens with two attached hydrogens (primary N) is 1. The number of thiophene rings is 1. The second kappa shape index (κ2) is 9.23. The summed E-state index contributed by atoms with van der Waals surface area (Å²) in [5, 5.41) is 4.30. The molecule has 0 saturated carbocycles. The summed E-state index contributed by atoms with van der Waals surface area (Å²) < 4.78 is 10.8. The van der Waals surface area contributed by atoms with Crippen molar-refractivity contribution in [1.29, 1.82) is 0 Å². The van der Waals surface area contributed by atoms with Crippen LogP contribution in [0.15, 0.2) is 48.5 Å². The highest BCUT2D eigenvalue weighted by molar-refractivity contribution is 7.15.